The smallest absolute Gasteiger partial charge is 0.139 e. The summed E-state index contributed by atoms with van der Waals surface area (Å²) in [5.74, 6) is 6.28. The first kappa shape index (κ1) is 10.9. The van der Waals surface area contributed by atoms with E-state index in [0.29, 0.717) is 12.8 Å². The maximum absolute atomic E-state index is 11.3. The summed E-state index contributed by atoms with van der Waals surface area (Å²) in [5, 5.41) is 0. The van der Waals surface area contributed by atoms with Crippen molar-refractivity contribution in [2.75, 3.05) is 0 Å². The molecule has 2 atom stereocenters. The Hall–Kier alpha value is -1.59. The van der Waals surface area contributed by atoms with E-state index in [9.17, 15) is 4.79 Å². The number of Topliss-reactive ketones (excluding diaryl/α,β-unsaturated/α-hetero) is 1. The molecule has 0 bridgehead atoms. The Balaban J connectivity index is 2.05. The number of ketones is 1. The van der Waals surface area contributed by atoms with Gasteiger partial charge in [0.2, 0.25) is 0 Å². The van der Waals surface area contributed by atoms with Crippen LogP contribution in [0.15, 0.2) is 30.3 Å². The van der Waals surface area contributed by atoms with Gasteiger partial charge >= 0.3 is 0 Å². The molecule has 1 heterocycles. The van der Waals surface area contributed by atoms with Crippen molar-refractivity contribution in [2.24, 2.45) is 0 Å². The third-order valence-electron chi connectivity index (χ3n) is 2.48. The number of hydrogen-bond acceptors (Lipinski definition) is 2. The van der Waals surface area contributed by atoms with Crippen LogP contribution >= 0.6 is 0 Å². The van der Waals surface area contributed by atoms with Crippen LogP contribution in [0.1, 0.15) is 25.3 Å². The van der Waals surface area contributed by atoms with Crippen molar-refractivity contribution in [3.8, 4) is 11.8 Å². The SMILES string of the molecule is C[C@H]1CC(=O)C[C@@H](C#Cc2ccccc2)O1. The molecule has 0 saturated carbocycles. The van der Waals surface area contributed by atoms with E-state index in [1.807, 2.05) is 37.3 Å². The highest BCUT2D eigenvalue weighted by Crippen LogP contribution is 2.15. The summed E-state index contributed by atoms with van der Waals surface area (Å²) in [4.78, 5) is 11.3. The zero-order valence-electron chi connectivity index (χ0n) is 9.27. The molecule has 82 valence electrons. The molecule has 16 heavy (non-hydrogen) atoms. The van der Waals surface area contributed by atoms with Gasteiger partial charge in [-0.3, -0.25) is 4.79 Å². The number of ether oxygens (including phenoxy) is 1. The van der Waals surface area contributed by atoms with Crippen molar-refractivity contribution >= 4 is 5.78 Å². The van der Waals surface area contributed by atoms with Crippen LogP contribution in [0.3, 0.4) is 0 Å². The van der Waals surface area contributed by atoms with Gasteiger partial charge in [-0.05, 0) is 19.1 Å². The van der Waals surface area contributed by atoms with Crippen LogP contribution in [0.4, 0.5) is 0 Å². The number of hydrogen-bond donors (Lipinski definition) is 0. The third-order valence-corrected chi connectivity index (χ3v) is 2.48. The molecule has 1 saturated heterocycles. The van der Waals surface area contributed by atoms with Crippen molar-refractivity contribution in [3.63, 3.8) is 0 Å². The van der Waals surface area contributed by atoms with E-state index in [0.717, 1.165) is 5.56 Å². The second-order valence-corrected chi connectivity index (χ2v) is 4.02. The topological polar surface area (TPSA) is 26.3 Å². The maximum Gasteiger partial charge on any atom is 0.139 e. The molecule has 1 aromatic carbocycles. The molecule has 0 aliphatic carbocycles. The monoisotopic (exact) mass is 214 g/mol. The minimum absolute atomic E-state index is 0.00340. The predicted molar refractivity (Wildman–Crippen MR) is 61.9 cm³/mol. The molecule has 1 aromatic rings. The van der Waals surface area contributed by atoms with Gasteiger partial charge in [0.1, 0.15) is 11.9 Å². The Kier molecular flexibility index (Phi) is 3.38. The Bertz CT molecular complexity index is 425. The minimum Gasteiger partial charge on any atom is -0.362 e. The number of carbonyl (C=O) groups excluding carboxylic acids is 1. The summed E-state index contributed by atoms with van der Waals surface area (Å²) in [5.41, 5.74) is 0.955. The van der Waals surface area contributed by atoms with Gasteiger partial charge in [-0.15, -0.1) is 0 Å². The lowest BCUT2D eigenvalue weighted by molar-refractivity contribution is -0.130. The van der Waals surface area contributed by atoms with Gasteiger partial charge < -0.3 is 4.74 Å². The second kappa shape index (κ2) is 4.96. The molecular weight excluding hydrogens is 200 g/mol. The summed E-state index contributed by atoms with van der Waals surface area (Å²) in [6.07, 6.45) is 0.695. The quantitative estimate of drug-likeness (QED) is 0.619. The maximum atomic E-state index is 11.3. The lowest BCUT2D eigenvalue weighted by Crippen LogP contribution is -2.30. The average molecular weight is 214 g/mol. The van der Waals surface area contributed by atoms with E-state index in [-0.39, 0.29) is 18.0 Å². The van der Waals surface area contributed by atoms with E-state index < -0.39 is 0 Å². The van der Waals surface area contributed by atoms with Gasteiger partial charge in [-0.2, -0.15) is 0 Å². The molecule has 2 heteroatoms. The molecule has 1 aliphatic heterocycles. The van der Waals surface area contributed by atoms with Gasteiger partial charge in [-0.1, -0.05) is 30.0 Å². The van der Waals surface area contributed by atoms with E-state index >= 15 is 0 Å². The lowest BCUT2D eigenvalue weighted by Gasteiger charge is -2.22. The fourth-order valence-corrected chi connectivity index (χ4v) is 1.76. The second-order valence-electron chi connectivity index (χ2n) is 4.02. The molecule has 0 amide bonds. The lowest BCUT2D eigenvalue weighted by atomic mass is 10.0. The van der Waals surface area contributed by atoms with Crippen LogP contribution in [0.25, 0.3) is 0 Å². The molecule has 0 aromatic heterocycles. The molecule has 1 aliphatic rings. The summed E-state index contributed by atoms with van der Waals surface area (Å²) >= 11 is 0. The average Bonchev–Trinajstić information content (AvgIpc) is 2.27. The molecule has 0 N–H and O–H groups in total. The van der Waals surface area contributed by atoms with Gasteiger partial charge in [0.05, 0.1) is 6.10 Å². The first-order chi connectivity index (χ1) is 7.74. The fraction of sp³-hybridized carbons (Fsp3) is 0.357. The van der Waals surface area contributed by atoms with Crippen LogP contribution in [0.2, 0.25) is 0 Å². The Morgan fingerprint density at radius 3 is 2.69 bits per heavy atom. The van der Waals surface area contributed by atoms with Crippen LogP contribution in [0.5, 0.6) is 0 Å². The summed E-state index contributed by atoms with van der Waals surface area (Å²) in [7, 11) is 0. The highest BCUT2D eigenvalue weighted by molar-refractivity contribution is 5.80. The van der Waals surface area contributed by atoms with E-state index in [1.54, 1.807) is 0 Å². The number of carbonyl (C=O) groups is 1. The van der Waals surface area contributed by atoms with Gasteiger partial charge in [0.25, 0.3) is 0 Å². The van der Waals surface area contributed by atoms with Crippen molar-refractivity contribution < 1.29 is 9.53 Å². The fourth-order valence-electron chi connectivity index (χ4n) is 1.76. The molecule has 0 radical (unpaired) electrons. The molecule has 0 unspecified atom stereocenters. The highest BCUT2D eigenvalue weighted by atomic mass is 16.5. The van der Waals surface area contributed by atoms with E-state index in [4.69, 9.17) is 4.74 Å². The van der Waals surface area contributed by atoms with Crippen LogP contribution in [-0.2, 0) is 9.53 Å². The predicted octanol–water partition coefficient (Wildman–Crippen LogP) is 2.17. The number of benzene rings is 1. The zero-order valence-corrected chi connectivity index (χ0v) is 9.27. The van der Waals surface area contributed by atoms with Gasteiger partial charge in [0, 0.05) is 18.4 Å². The summed E-state index contributed by atoms with van der Waals surface area (Å²) in [6, 6.07) is 9.73. The normalized spacial score (nSPS) is 24.7. The van der Waals surface area contributed by atoms with Gasteiger partial charge in [-0.25, -0.2) is 0 Å². The largest absolute Gasteiger partial charge is 0.362 e. The zero-order chi connectivity index (χ0) is 11.4. The summed E-state index contributed by atoms with van der Waals surface area (Å²) < 4.78 is 5.58. The Labute approximate surface area is 95.6 Å². The van der Waals surface area contributed by atoms with Gasteiger partial charge in [0.15, 0.2) is 0 Å². The van der Waals surface area contributed by atoms with E-state index in [2.05, 4.69) is 11.8 Å². The van der Waals surface area contributed by atoms with Crippen molar-refractivity contribution in [1.29, 1.82) is 0 Å². The molecule has 2 rings (SSSR count). The minimum atomic E-state index is -0.239. The highest BCUT2D eigenvalue weighted by Gasteiger charge is 2.23. The van der Waals surface area contributed by atoms with E-state index in [1.165, 1.54) is 0 Å². The molecule has 2 nitrogen and oxygen atoms in total. The van der Waals surface area contributed by atoms with Crippen LogP contribution in [-0.4, -0.2) is 18.0 Å². The van der Waals surface area contributed by atoms with Crippen LogP contribution in [0, 0.1) is 11.8 Å². The van der Waals surface area contributed by atoms with Crippen molar-refractivity contribution in [2.45, 2.75) is 32.0 Å². The van der Waals surface area contributed by atoms with Crippen molar-refractivity contribution in [3.05, 3.63) is 35.9 Å². The number of rotatable bonds is 0. The Morgan fingerprint density at radius 2 is 2.00 bits per heavy atom. The third kappa shape index (κ3) is 2.95. The first-order valence-corrected chi connectivity index (χ1v) is 5.48. The molecular formula is C14H14O2. The van der Waals surface area contributed by atoms with Crippen LogP contribution < -0.4 is 0 Å². The molecule has 0 spiro atoms. The molecule has 1 fully saturated rings. The summed E-state index contributed by atoms with van der Waals surface area (Å²) in [6.45, 7) is 1.91. The van der Waals surface area contributed by atoms with Crippen molar-refractivity contribution in [1.82, 2.24) is 0 Å². The standard InChI is InChI=1S/C14H14O2/c1-11-9-13(15)10-14(16-11)8-7-12-5-3-2-4-6-12/h2-6,11,14H,9-10H2,1H3/t11-,14+/m0/s1. The first-order valence-electron chi connectivity index (χ1n) is 5.48. The Morgan fingerprint density at radius 1 is 1.25 bits per heavy atom.